The third-order valence-corrected chi connectivity index (χ3v) is 6.16. The number of ether oxygens (including phenoxy) is 2. The van der Waals surface area contributed by atoms with Crippen molar-refractivity contribution in [2.45, 2.75) is 31.5 Å². The molecule has 188 valence electrons. The summed E-state index contributed by atoms with van der Waals surface area (Å²) >= 11 is 12.4. The second kappa shape index (κ2) is 13.7. The largest absolute Gasteiger partial charge is 0.489 e. The van der Waals surface area contributed by atoms with Gasteiger partial charge in [-0.15, -0.1) is 0 Å². The van der Waals surface area contributed by atoms with Gasteiger partial charge < -0.3 is 20.5 Å². The molecule has 0 radical (unpaired) electrons. The Kier molecular flexibility index (Phi) is 10.4. The molecule has 1 amide bonds. The maximum Gasteiger partial charge on any atom is 0.330 e. The number of esters is 1. The smallest absolute Gasteiger partial charge is 0.330 e. The fourth-order valence-corrected chi connectivity index (χ4v) is 3.99. The number of hydrogen-bond donors (Lipinski definition) is 2. The first kappa shape index (κ1) is 27.3. The quantitative estimate of drug-likeness (QED) is 0.274. The van der Waals surface area contributed by atoms with Crippen LogP contribution in [-0.4, -0.2) is 31.1 Å². The summed E-state index contributed by atoms with van der Waals surface area (Å²) in [5.74, 6) is -0.176. The van der Waals surface area contributed by atoms with E-state index in [4.69, 9.17) is 33.7 Å². The Morgan fingerprint density at radius 3 is 2.19 bits per heavy atom. The highest BCUT2D eigenvalue weighted by atomic mass is 35.5. The Morgan fingerprint density at radius 1 is 0.917 bits per heavy atom. The summed E-state index contributed by atoms with van der Waals surface area (Å²) < 4.78 is 10.5. The van der Waals surface area contributed by atoms with E-state index in [2.05, 4.69) is 10.1 Å². The summed E-state index contributed by atoms with van der Waals surface area (Å²) in [6.07, 6.45) is 3.73. The van der Waals surface area contributed by atoms with E-state index < -0.39 is 18.1 Å². The monoisotopic (exact) mass is 526 g/mol. The molecule has 8 heteroatoms. The van der Waals surface area contributed by atoms with Gasteiger partial charge in [0.25, 0.3) is 0 Å². The van der Waals surface area contributed by atoms with E-state index in [1.807, 2.05) is 54.6 Å². The predicted octanol–water partition coefficient (Wildman–Crippen LogP) is 4.90. The molecule has 0 saturated carbocycles. The Bertz CT molecular complexity index is 1160. The van der Waals surface area contributed by atoms with E-state index in [1.165, 1.54) is 13.2 Å². The van der Waals surface area contributed by atoms with Crippen molar-refractivity contribution < 1.29 is 19.1 Å². The number of methoxy groups -OCH3 is 1. The number of rotatable bonds is 11. The number of benzene rings is 3. The Balaban J connectivity index is 1.63. The van der Waals surface area contributed by atoms with E-state index >= 15 is 0 Å². The lowest BCUT2D eigenvalue weighted by Gasteiger charge is -2.19. The summed E-state index contributed by atoms with van der Waals surface area (Å²) in [7, 11) is 1.30. The molecule has 0 spiro atoms. The molecule has 3 aromatic rings. The van der Waals surface area contributed by atoms with Crippen molar-refractivity contribution in [3.05, 3.63) is 112 Å². The molecular weight excluding hydrogens is 499 g/mol. The van der Waals surface area contributed by atoms with Crippen molar-refractivity contribution >= 4 is 35.1 Å². The number of nitrogens with one attached hydrogen (secondary N) is 1. The molecule has 0 unspecified atom stereocenters. The molecule has 3 aromatic carbocycles. The van der Waals surface area contributed by atoms with Gasteiger partial charge in [0.2, 0.25) is 5.91 Å². The number of carbonyl (C=O) groups is 2. The average Bonchev–Trinajstić information content (AvgIpc) is 2.88. The minimum atomic E-state index is -0.728. The highest BCUT2D eigenvalue weighted by Gasteiger charge is 2.18. The summed E-state index contributed by atoms with van der Waals surface area (Å²) in [4.78, 5) is 24.4. The molecule has 3 N–H and O–H groups in total. The van der Waals surface area contributed by atoms with Gasteiger partial charge in [-0.2, -0.15) is 0 Å². The van der Waals surface area contributed by atoms with Crippen LogP contribution in [0.25, 0.3) is 0 Å². The van der Waals surface area contributed by atoms with Gasteiger partial charge in [0, 0.05) is 21.7 Å². The van der Waals surface area contributed by atoms with Crippen LogP contribution in [-0.2, 0) is 33.8 Å². The SMILES string of the molecule is COC(=O)/C=C/[C@H](Cc1ccc(OCc2c(Cl)cccc2Cl)cc1)NC(=O)[C@H](N)Cc1ccccc1. The second-order valence-electron chi connectivity index (χ2n) is 8.13. The first-order chi connectivity index (χ1) is 17.4. The van der Waals surface area contributed by atoms with Gasteiger partial charge in [-0.3, -0.25) is 4.79 Å². The van der Waals surface area contributed by atoms with E-state index in [-0.39, 0.29) is 12.5 Å². The number of amides is 1. The molecule has 0 aliphatic heterocycles. The van der Waals surface area contributed by atoms with Crippen LogP contribution in [0.2, 0.25) is 10.0 Å². The van der Waals surface area contributed by atoms with Crippen LogP contribution in [0.1, 0.15) is 16.7 Å². The predicted molar refractivity (Wildman–Crippen MR) is 142 cm³/mol. The van der Waals surface area contributed by atoms with Gasteiger partial charge in [0.05, 0.1) is 19.2 Å². The Labute approximate surface area is 221 Å². The van der Waals surface area contributed by atoms with Gasteiger partial charge in [0.15, 0.2) is 0 Å². The average molecular weight is 527 g/mol. The minimum Gasteiger partial charge on any atom is -0.489 e. The topological polar surface area (TPSA) is 90.6 Å². The molecule has 0 saturated heterocycles. The van der Waals surface area contributed by atoms with Gasteiger partial charge in [0.1, 0.15) is 12.4 Å². The molecule has 2 atom stereocenters. The number of halogens is 2. The molecular formula is C28H28Cl2N2O4. The molecule has 0 aromatic heterocycles. The molecule has 0 aliphatic rings. The van der Waals surface area contributed by atoms with Crippen LogP contribution >= 0.6 is 23.2 Å². The maximum atomic E-state index is 12.8. The van der Waals surface area contributed by atoms with Crippen molar-refractivity contribution in [3.63, 3.8) is 0 Å². The molecule has 3 rings (SSSR count). The third-order valence-electron chi connectivity index (χ3n) is 5.45. The van der Waals surface area contributed by atoms with E-state index in [0.29, 0.717) is 34.2 Å². The highest BCUT2D eigenvalue weighted by molar-refractivity contribution is 6.35. The molecule has 36 heavy (non-hydrogen) atoms. The second-order valence-corrected chi connectivity index (χ2v) is 8.94. The zero-order valence-corrected chi connectivity index (χ0v) is 21.3. The highest BCUT2D eigenvalue weighted by Crippen LogP contribution is 2.26. The van der Waals surface area contributed by atoms with Crippen LogP contribution in [0.15, 0.2) is 84.9 Å². The molecule has 0 heterocycles. The van der Waals surface area contributed by atoms with Crippen LogP contribution in [0.3, 0.4) is 0 Å². The van der Waals surface area contributed by atoms with E-state index in [9.17, 15) is 9.59 Å². The first-order valence-electron chi connectivity index (χ1n) is 11.4. The normalized spacial score (nSPS) is 12.7. The molecule has 0 bridgehead atoms. The van der Waals surface area contributed by atoms with Crippen LogP contribution in [0.5, 0.6) is 5.75 Å². The molecule has 0 aliphatic carbocycles. The third kappa shape index (κ3) is 8.41. The maximum absolute atomic E-state index is 12.8. The van der Waals surface area contributed by atoms with Gasteiger partial charge in [-0.05, 0) is 48.2 Å². The van der Waals surface area contributed by atoms with E-state index in [1.54, 1.807) is 24.3 Å². The lowest BCUT2D eigenvalue weighted by Crippen LogP contribution is -2.46. The summed E-state index contributed by atoms with van der Waals surface area (Å²) in [5.41, 5.74) is 8.74. The van der Waals surface area contributed by atoms with E-state index in [0.717, 1.165) is 11.1 Å². The zero-order valence-electron chi connectivity index (χ0n) is 19.8. The van der Waals surface area contributed by atoms with Gasteiger partial charge in [-0.1, -0.05) is 77.8 Å². The number of nitrogens with two attached hydrogens (primary N) is 1. The standard InChI is InChI=1S/C28H28Cl2N2O4/c1-35-27(33)15-12-21(32-28(34)26(31)17-19-6-3-2-4-7-19)16-20-10-13-22(14-11-20)36-18-23-24(29)8-5-9-25(23)30/h2-15,21,26H,16-18,31H2,1H3,(H,32,34)/b15-12+/t21-,26-/m1/s1. The Hall–Kier alpha value is -3.32. The van der Waals surface area contributed by atoms with Gasteiger partial charge >= 0.3 is 5.97 Å². The van der Waals surface area contributed by atoms with Crippen LogP contribution in [0.4, 0.5) is 0 Å². The van der Waals surface area contributed by atoms with Crippen molar-refractivity contribution in [1.29, 1.82) is 0 Å². The first-order valence-corrected chi connectivity index (χ1v) is 12.1. The van der Waals surface area contributed by atoms with Crippen LogP contribution < -0.4 is 15.8 Å². The van der Waals surface area contributed by atoms with Crippen molar-refractivity contribution in [3.8, 4) is 5.75 Å². The minimum absolute atomic E-state index is 0.234. The fraction of sp³-hybridized carbons (Fsp3) is 0.214. The Morgan fingerprint density at radius 2 is 1.56 bits per heavy atom. The molecule has 0 fully saturated rings. The van der Waals surface area contributed by atoms with Crippen LogP contribution in [0, 0.1) is 0 Å². The zero-order chi connectivity index (χ0) is 25.9. The number of hydrogen-bond acceptors (Lipinski definition) is 5. The lowest BCUT2D eigenvalue weighted by molar-refractivity contribution is -0.135. The molecule has 6 nitrogen and oxygen atoms in total. The summed E-state index contributed by atoms with van der Waals surface area (Å²) in [6.45, 7) is 0.234. The van der Waals surface area contributed by atoms with Crippen molar-refractivity contribution in [2.75, 3.05) is 7.11 Å². The van der Waals surface area contributed by atoms with Crippen molar-refractivity contribution in [1.82, 2.24) is 5.32 Å². The summed E-state index contributed by atoms with van der Waals surface area (Å²) in [6, 6.07) is 21.1. The fourth-order valence-electron chi connectivity index (χ4n) is 3.48. The summed E-state index contributed by atoms with van der Waals surface area (Å²) in [5, 5.41) is 4.00. The van der Waals surface area contributed by atoms with Gasteiger partial charge in [-0.25, -0.2) is 4.79 Å². The number of carbonyl (C=O) groups excluding carboxylic acids is 2. The lowest BCUT2D eigenvalue weighted by atomic mass is 10.0. The van der Waals surface area contributed by atoms with Crippen molar-refractivity contribution in [2.24, 2.45) is 5.73 Å².